The highest BCUT2D eigenvalue weighted by Gasteiger charge is 2.19. The minimum absolute atomic E-state index is 0. The minimum atomic E-state index is -0.705. The van der Waals surface area contributed by atoms with Crippen LogP contribution in [0.3, 0.4) is 0 Å². The summed E-state index contributed by atoms with van der Waals surface area (Å²) >= 11 is 5.93. The molecule has 2 aromatic carbocycles. The summed E-state index contributed by atoms with van der Waals surface area (Å²) in [6.07, 6.45) is -0.225. The lowest BCUT2D eigenvalue weighted by molar-refractivity contribution is 0.145. The fourth-order valence-electron chi connectivity index (χ4n) is 2.02. The summed E-state index contributed by atoms with van der Waals surface area (Å²) in [6.45, 7) is 0. The summed E-state index contributed by atoms with van der Waals surface area (Å²) in [5.74, 6) is 0. The van der Waals surface area contributed by atoms with Crippen molar-refractivity contribution >= 4 is 29.7 Å². The number of halogens is 2. The quantitative estimate of drug-likeness (QED) is 0.760. The van der Waals surface area contributed by atoms with E-state index in [9.17, 15) is 5.11 Å². The SMILES string of the molecule is Cl.Nc1ccc(Cl)cc1[C@@H](N)[C@@H](O)Cc1ccccc1. The van der Waals surface area contributed by atoms with Gasteiger partial charge < -0.3 is 16.6 Å². The standard InChI is InChI=1S/C15H17ClN2O.ClH/c16-11-6-7-13(17)12(9-11)15(18)14(19)8-10-4-2-1-3-5-10;/h1-7,9,14-15,19H,8,17-18H2;1H/t14-,15+;/m0./s1. The van der Waals surface area contributed by atoms with E-state index in [1.807, 2.05) is 30.3 Å². The van der Waals surface area contributed by atoms with E-state index in [2.05, 4.69) is 0 Å². The first-order valence-corrected chi connectivity index (χ1v) is 6.48. The lowest BCUT2D eigenvalue weighted by Crippen LogP contribution is -2.28. The Balaban J connectivity index is 0.00000200. The normalized spacial score (nSPS) is 13.3. The molecule has 5 N–H and O–H groups in total. The molecule has 0 saturated heterocycles. The summed E-state index contributed by atoms with van der Waals surface area (Å²) in [5, 5.41) is 10.8. The Bertz CT molecular complexity index is 549. The Kier molecular flexibility index (Phi) is 6.30. The fraction of sp³-hybridized carbons (Fsp3) is 0.200. The van der Waals surface area contributed by atoms with Crippen LogP contribution in [0.2, 0.25) is 5.02 Å². The number of nitrogen functional groups attached to an aromatic ring is 1. The predicted octanol–water partition coefficient (Wildman–Crippen LogP) is 2.95. The van der Waals surface area contributed by atoms with Gasteiger partial charge in [-0.2, -0.15) is 0 Å². The molecule has 20 heavy (non-hydrogen) atoms. The molecule has 5 heteroatoms. The van der Waals surface area contributed by atoms with E-state index in [-0.39, 0.29) is 12.4 Å². The first-order chi connectivity index (χ1) is 9.08. The van der Waals surface area contributed by atoms with Crippen LogP contribution in [0.5, 0.6) is 0 Å². The van der Waals surface area contributed by atoms with Gasteiger partial charge in [0, 0.05) is 17.1 Å². The molecule has 108 valence electrons. The average Bonchev–Trinajstić information content (AvgIpc) is 2.42. The molecule has 0 aliphatic carbocycles. The van der Waals surface area contributed by atoms with E-state index in [4.69, 9.17) is 23.1 Å². The van der Waals surface area contributed by atoms with Crippen LogP contribution < -0.4 is 11.5 Å². The van der Waals surface area contributed by atoms with Crippen LogP contribution in [-0.4, -0.2) is 11.2 Å². The molecule has 2 aromatic rings. The van der Waals surface area contributed by atoms with Crippen LogP contribution >= 0.6 is 24.0 Å². The zero-order chi connectivity index (χ0) is 13.8. The molecule has 2 atom stereocenters. The number of hydrogen-bond acceptors (Lipinski definition) is 3. The van der Waals surface area contributed by atoms with E-state index in [1.54, 1.807) is 18.2 Å². The van der Waals surface area contributed by atoms with Gasteiger partial charge in [-0.25, -0.2) is 0 Å². The molecular weight excluding hydrogens is 295 g/mol. The van der Waals surface area contributed by atoms with E-state index in [0.29, 0.717) is 22.7 Å². The molecule has 2 rings (SSSR count). The zero-order valence-electron chi connectivity index (χ0n) is 10.9. The number of aliphatic hydroxyl groups excluding tert-OH is 1. The molecule has 0 aliphatic heterocycles. The largest absolute Gasteiger partial charge is 0.398 e. The van der Waals surface area contributed by atoms with Gasteiger partial charge in [0.1, 0.15) is 0 Å². The Morgan fingerprint density at radius 1 is 1.10 bits per heavy atom. The molecular formula is C15H18Cl2N2O. The van der Waals surface area contributed by atoms with Gasteiger partial charge in [0.15, 0.2) is 0 Å². The van der Waals surface area contributed by atoms with Crippen LogP contribution in [0.1, 0.15) is 17.2 Å². The van der Waals surface area contributed by atoms with Gasteiger partial charge in [0.25, 0.3) is 0 Å². The average molecular weight is 313 g/mol. The van der Waals surface area contributed by atoms with Crippen molar-refractivity contribution in [2.75, 3.05) is 5.73 Å². The second-order valence-electron chi connectivity index (χ2n) is 4.56. The molecule has 0 fully saturated rings. The number of hydrogen-bond donors (Lipinski definition) is 3. The topological polar surface area (TPSA) is 72.3 Å². The molecule has 0 saturated carbocycles. The third-order valence-electron chi connectivity index (χ3n) is 3.11. The fourth-order valence-corrected chi connectivity index (χ4v) is 2.20. The van der Waals surface area contributed by atoms with Crippen LogP contribution in [0.4, 0.5) is 5.69 Å². The highest BCUT2D eigenvalue weighted by atomic mass is 35.5. The monoisotopic (exact) mass is 312 g/mol. The molecule has 0 bridgehead atoms. The highest BCUT2D eigenvalue weighted by molar-refractivity contribution is 6.30. The van der Waals surface area contributed by atoms with Crippen molar-refractivity contribution in [3.8, 4) is 0 Å². The Morgan fingerprint density at radius 3 is 2.40 bits per heavy atom. The zero-order valence-corrected chi connectivity index (χ0v) is 12.4. The van der Waals surface area contributed by atoms with Crippen molar-refractivity contribution in [2.45, 2.75) is 18.6 Å². The second-order valence-corrected chi connectivity index (χ2v) is 4.99. The van der Waals surface area contributed by atoms with Crippen molar-refractivity contribution < 1.29 is 5.11 Å². The summed E-state index contributed by atoms with van der Waals surface area (Å²) in [4.78, 5) is 0. The van der Waals surface area contributed by atoms with Crippen molar-refractivity contribution in [3.63, 3.8) is 0 Å². The van der Waals surface area contributed by atoms with Gasteiger partial charge in [0.2, 0.25) is 0 Å². The molecule has 0 aliphatic rings. The first-order valence-electron chi connectivity index (χ1n) is 6.10. The smallest absolute Gasteiger partial charge is 0.0773 e. The lowest BCUT2D eigenvalue weighted by atomic mass is 9.96. The maximum Gasteiger partial charge on any atom is 0.0773 e. The van der Waals surface area contributed by atoms with E-state index in [1.165, 1.54) is 0 Å². The third kappa shape index (κ3) is 4.12. The van der Waals surface area contributed by atoms with Gasteiger partial charge in [0.05, 0.1) is 12.1 Å². The summed E-state index contributed by atoms with van der Waals surface area (Å²) in [7, 11) is 0. The van der Waals surface area contributed by atoms with Crippen molar-refractivity contribution in [2.24, 2.45) is 5.73 Å². The molecule has 0 spiro atoms. The second kappa shape index (κ2) is 7.50. The van der Waals surface area contributed by atoms with Gasteiger partial charge in [-0.15, -0.1) is 12.4 Å². The molecule has 0 radical (unpaired) electrons. The summed E-state index contributed by atoms with van der Waals surface area (Å²) in [5.41, 5.74) is 14.2. The third-order valence-corrected chi connectivity index (χ3v) is 3.35. The molecule has 0 unspecified atom stereocenters. The van der Waals surface area contributed by atoms with Gasteiger partial charge in [-0.1, -0.05) is 41.9 Å². The number of rotatable bonds is 4. The number of nitrogens with two attached hydrogens (primary N) is 2. The first kappa shape index (κ1) is 16.8. The minimum Gasteiger partial charge on any atom is -0.398 e. The van der Waals surface area contributed by atoms with E-state index >= 15 is 0 Å². The van der Waals surface area contributed by atoms with Crippen molar-refractivity contribution in [3.05, 3.63) is 64.7 Å². The summed E-state index contributed by atoms with van der Waals surface area (Å²) < 4.78 is 0. The van der Waals surface area contributed by atoms with E-state index < -0.39 is 12.1 Å². The van der Waals surface area contributed by atoms with Crippen LogP contribution in [0, 0.1) is 0 Å². The predicted molar refractivity (Wildman–Crippen MR) is 86.2 cm³/mol. The van der Waals surface area contributed by atoms with Gasteiger partial charge >= 0.3 is 0 Å². The van der Waals surface area contributed by atoms with Crippen molar-refractivity contribution in [1.82, 2.24) is 0 Å². The van der Waals surface area contributed by atoms with Gasteiger partial charge in [-0.3, -0.25) is 0 Å². The molecule has 3 nitrogen and oxygen atoms in total. The van der Waals surface area contributed by atoms with Gasteiger partial charge in [-0.05, 0) is 29.3 Å². The van der Waals surface area contributed by atoms with Crippen LogP contribution in [0.25, 0.3) is 0 Å². The van der Waals surface area contributed by atoms with Crippen molar-refractivity contribution in [1.29, 1.82) is 0 Å². The maximum atomic E-state index is 10.2. The Morgan fingerprint density at radius 2 is 1.75 bits per heavy atom. The lowest BCUT2D eigenvalue weighted by Gasteiger charge is -2.21. The number of aliphatic hydroxyl groups is 1. The summed E-state index contributed by atoms with van der Waals surface area (Å²) in [6, 6.07) is 14.3. The Hall–Kier alpha value is -1.26. The Labute approximate surface area is 130 Å². The van der Waals surface area contributed by atoms with Crippen LogP contribution in [0.15, 0.2) is 48.5 Å². The maximum absolute atomic E-state index is 10.2. The van der Waals surface area contributed by atoms with Crippen LogP contribution in [-0.2, 0) is 6.42 Å². The molecule has 0 amide bonds. The van der Waals surface area contributed by atoms with E-state index in [0.717, 1.165) is 5.56 Å². The number of benzene rings is 2. The number of anilines is 1. The highest BCUT2D eigenvalue weighted by Crippen LogP contribution is 2.26. The molecule has 0 aromatic heterocycles. The molecule has 0 heterocycles.